The topological polar surface area (TPSA) is 18.5 Å². The Kier molecular flexibility index (Phi) is 5.22. The van der Waals surface area contributed by atoms with Crippen LogP contribution in [0.3, 0.4) is 0 Å². The van der Waals surface area contributed by atoms with Crippen LogP contribution in [0.4, 0.5) is 0 Å². The molecule has 4 aromatic carbocycles. The van der Waals surface area contributed by atoms with Crippen LogP contribution in [0.5, 0.6) is 11.5 Å². The Morgan fingerprint density at radius 1 is 0.438 bits per heavy atom. The van der Waals surface area contributed by atoms with Crippen molar-refractivity contribution in [2.75, 3.05) is 14.2 Å². The Hall–Kier alpha value is -3.52. The third kappa shape index (κ3) is 2.94. The van der Waals surface area contributed by atoms with Crippen LogP contribution in [0.2, 0.25) is 0 Å². The largest absolute Gasteiger partial charge is 0.497 e. The molecule has 0 N–H and O–H groups in total. The Morgan fingerprint density at radius 3 is 1.03 bits per heavy atom. The van der Waals surface area contributed by atoms with Gasteiger partial charge < -0.3 is 9.47 Å². The molecule has 2 heteroatoms. The number of rotatable bonds is 6. The predicted octanol–water partition coefficient (Wildman–Crippen LogP) is 6.77. The van der Waals surface area contributed by atoms with Crippen LogP contribution < -0.4 is 9.47 Å². The fourth-order valence-electron chi connectivity index (χ4n) is 5.72. The van der Waals surface area contributed by atoms with E-state index in [2.05, 4.69) is 109 Å². The van der Waals surface area contributed by atoms with Gasteiger partial charge in [-0.1, -0.05) is 84.9 Å². The summed E-state index contributed by atoms with van der Waals surface area (Å²) in [5, 5.41) is 0. The molecule has 0 amide bonds. The summed E-state index contributed by atoms with van der Waals surface area (Å²) in [7, 11) is 3.44. The molecule has 0 aliphatic heterocycles. The van der Waals surface area contributed by atoms with Gasteiger partial charge in [0.1, 0.15) is 11.5 Å². The molecule has 1 saturated carbocycles. The molecule has 0 heterocycles. The van der Waals surface area contributed by atoms with Crippen molar-refractivity contribution in [3.05, 3.63) is 131 Å². The van der Waals surface area contributed by atoms with Gasteiger partial charge in [0.15, 0.2) is 0 Å². The fraction of sp³-hybridized carbons (Fsp3) is 0.200. The molecule has 5 rings (SSSR count). The predicted molar refractivity (Wildman–Crippen MR) is 130 cm³/mol. The van der Waals surface area contributed by atoms with Crippen molar-refractivity contribution in [3.63, 3.8) is 0 Å². The molecule has 0 saturated heterocycles. The van der Waals surface area contributed by atoms with Gasteiger partial charge in [-0.25, -0.2) is 0 Å². The van der Waals surface area contributed by atoms with Crippen molar-refractivity contribution >= 4 is 0 Å². The lowest BCUT2D eigenvalue weighted by atomic mass is 9.40. The molecule has 32 heavy (non-hydrogen) atoms. The van der Waals surface area contributed by atoms with E-state index < -0.39 is 0 Å². The first-order valence-corrected chi connectivity index (χ1v) is 11.1. The van der Waals surface area contributed by atoms with E-state index >= 15 is 0 Å². The van der Waals surface area contributed by atoms with E-state index in [0.717, 1.165) is 24.3 Å². The highest BCUT2D eigenvalue weighted by atomic mass is 16.5. The summed E-state index contributed by atoms with van der Waals surface area (Å²) in [6.07, 6.45) is 2.15. The summed E-state index contributed by atoms with van der Waals surface area (Å²) in [6, 6.07) is 39.3. The Labute approximate surface area is 190 Å². The minimum atomic E-state index is -0.184. The van der Waals surface area contributed by atoms with E-state index in [1.165, 1.54) is 22.3 Å². The highest BCUT2D eigenvalue weighted by Crippen LogP contribution is 2.65. The number of hydrogen-bond donors (Lipinski definition) is 0. The summed E-state index contributed by atoms with van der Waals surface area (Å²) in [5.74, 6) is 1.76. The Morgan fingerprint density at radius 2 is 0.750 bits per heavy atom. The van der Waals surface area contributed by atoms with Crippen LogP contribution in [0, 0.1) is 0 Å². The molecular formula is C30H28O2. The molecule has 0 radical (unpaired) electrons. The van der Waals surface area contributed by atoms with Gasteiger partial charge in [0.25, 0.3) is 0 Å². The second-order valence-corrected chi connectivity index (χ2v) is 8.50. The van der Waals surface area contributed by atoms with Crippen LogP contribution in [-0.2, 0) is 10.8 Å². The zero-order valence-corrected chi connectivity index (χ0v) is 18.6. The standard InChI is InChI=1S/C30H28O2/c1-31-27-17-13-25(14-18-27)29(23-9-5-3-6-10-23)21-22-30(29,24-11-7-4-8-12-24)26-15-19-28(32-2)20-16-26/h3-20H,21-22H2,1-2H3. The average molecular weight is 421 g/mol. The van der Waals surface area contributed by atoms with Crippen LogP contribution >= 0.6 is 0 Å². The van der Waals surface area contributed by atoms with Crippen LogP contribution in [0.25, 0.3) is 0 Å². The lowest BCUT2D eigenvalue weighted by Gasteiger charge is -2.61. The third-order valence-electron chi connectivity index (χ3n) is 7.30. The fourth-order valence-corrected chi connectivity index (χ4v) is 5.72. The molecule has 2 nitrogen and oxygen atoms in total. The van der Waals surface area contributed by atoms with E-state index in [4.69, 9.17) is 9.47 Å². The molecule has 2 atom stereocenters. The SMILES string of the molecule is COc1ccc(C2(c3ccccc3)CCC2(c2ccccc2)c2ccc(OC)cc2)cc1. The molecule has 0 aromatic heterocycles. The maximum Gasteiger partial charge on any atom is 0.118 e. The average Bonchev–Trinajstić information content (AvgIpc) is 2.86. The molecule has 1 aliphatic carbocycles. The smallest absolute Gasteiger partial charge is 0.118 e. The van der Waals surface area contributed by atoms with Crippen molar-refractivity contribution in [3.8, 4) is 11.5 Å². The van der Waals surface area contributed by atoms with Crippen LogP contribution in [0.15, 0.2) is 109 Å². The summed E-state index contributed by atoms with van der Waals surface area (Å²) in [5.41, 5.74) is 4.95. The minimum Gasteiger partial charge on any atom is -0.497 e. The highest BCUT2D eigenvalue weighted by molar-refractivity contribution is 5.60. The van der Waals surface area contributed by atoms with E-state index in [0.29, 0.717) is 0 Å². The van der Waals surface area contributed by atoms with Gasteiger partial charge in [0.2, 0.25) is 0 Å². The van der Waals surface area contributed by atoms with Crippen molar-refractivity contribution in [2.45, 2.75) is 23.7 Å². The molecule has 0 bridgehead atoms. The maximum atomic E-state index is 5.47. The first-order valence-electron chi connectivity index (χ1n) is 11.1. The maximum absolute atomic E-state index is 5.47. The van der Waals surface area contributed by atoms with E-state index in [-0.39, 0.29) is 10.8 Å². The molecule has 160 valence electrons. The molecule has 1 aliphatic rings. The van der Waals surface area contributed by atoms with Gasteiger partial charge in [0.05, 0.1) is 14.2 Å². The van der Waals surface area contributed by atoms with E-state index in [1.807, 2.05) is 0 Å². The van der Waals surface area contributed by atoms with Crippen molar-refractivity contribution in [1.82, 2.24) is 0 Å². The molecule has 1 fully saturated rings. The zero-order chi connectivity index (χ0) is 22.0. The third-order valence-corrected chi connectivity index (χ3v) is 7.30. The molecule has 4 aromatic rings. The van der Waals surface area contributed by atoms with Gasteiger partial charge in [-0.15, -0.1) is 0 Å². The zero-order valence-electron chi connectivity index (χ0n) is 18.6. The summed E-state index contributed by atoms with van der Waals surface area (Å²) in [6.45, 7) is 0. The lowest BCUT2D eigenvalue weighted by Crippen LogP contribution is -2.59. The second kappa shape index (κ2) is 8.20. The van der Waals surface area contributed by atoms with Crippen molar-refractivity contribution in [2.24, 2.45) is 0 Å². The van der Waals surface area contributed by atoms with Gasteiger partial charge in [0, 0.05) is 10.8 Å². The number of ether oxygens (including phenoxy) is 2. The second-order valence-electron chi connectivity index (χ2n) is 8.50. The first kappa shape index (κ1) is 20.4. The van der Waals surface area contributed by atoms with Gasteiger partial charge in [-0.2, -0.15) is 0 Å². The van der Waals surface area contributed by atoms with E-state index in [1.54, 1.807) is 14.2 Å². The Balaban J connectivity index is 1.81. The van der Waals surface area contributed by atoms with Gasteiger partial charge in [-0.3, -0.25) is 0 Å². The number of methoxy groups -OCH3 is 2. The molecular weight excluding hydrogens is 392 g/mol. The van der Waals surface area contributed by atoms with E-state index in [9.17, 15) is 0 Å². The first-order chi connectivity index (χ1) is 15.7. The normalized spacial score (nSPS) is 22.1. The summed E-state index contributed by atoms with van der Waals surface area (Å²) < 4.78 is 10.9. The number of hydrogen-bond acceptors (Lipinski definition) is 2. The molecule has 0 spiro atoms. The number of benzene rings is 4. The van der Waals surface area contributed by atoms with Gasteiger partial charge >= 0.3 is 0 Å². The van der Waals surface area contributed by atoms with Crippen molar-refractivity contribution in [1.29, 1.82) is 0 Å². The summed E-state index contributed by atoms with van der Waals surface area (Å²) >= 11 is 0. The van der Waals surface area contributed by atoms with Crippen LogP contribution in [0.1, 0.15) is 35.1 Å². The van der Waals surface area contributed by atoms with Crippen LogP contribution in [-0.4, -0.2) is 14.2 Å². The Bertz CT molecular complexity index is 1070. The van der Waals surface area contributed by atoms with Gasteiger partial charge in [-0.05, 0) is 59.4 Å². The quantitative estimate of drug-likeness (QED) is 0.343. The monoisotopic (exact) mass is 420 g/mol. The van der Waals surface area contributed by atoms with Crippen molar-refractivity contribution < 1.29 is 9.47 Å². The summed E-state index contributed by atoms with van der Waals surface area (Å²) in [4.78, 5) is 0. The highest BCUT2D eigenvalue weighted by Gasteiger charge is 2.62. The lowest BCUT2D eigenvalue weighted by molar-refractivity contribution is 0.151. The molecule has 2 unspecified atom stereocenters. The minimum absolute atomic E-state index is 0.184.